The van der Waals surface area contributed by atoms with E-state index in [4.69, 9.17) is 16.3 Å². The van der Waals surface area contributed by atoms with E-state index in [1.807, 2.05) is 13.0 Å². The quantitative estimate of drug-likeness (QED) is 0.896. The molecule has 0 bridgehead atoms. The molecule has 0 aliphatic rings. The summed E-state index contributed by atoms with van der Waals surface area (Å²) >= 11 is 5.97. The summed E-state index contributed by atoms with van der Waals surface area (Å²) in [5.41, 5.74) is 1.66. The topological polar surface area (TPSA) is 55.4 Å². The Labute approximate surface area is 107 Å². The van der Waals surface area contributed by atoms with Crippen LogP contribution in [0.2, 0.25) is 5.02 Å². The third kappa shape index (κ3) is 4.44. The molecular weight excluding hydrogens is 262 g/mol. The van der Waals surface area contributed by atoms with Crippen molar-refractivity contribution in [1.82, 2.24) is 0 Å². The summed E-state index contributed by atoms with van der Waals surface area (Å²) in [5.74, 6) is 0.687. The van der Waals surface area contributed by atoms with Crippen LogP contribution in [0.5, 0.6) is 5.75 Å². The Balaban J connectivity index is 2.80. The number of ether oxygens (including phenoxy) is 1. The molecule has 1 N–H and O–H groups in total. The number of hydrogen-bond acceptors (Lipinski definition) is 4. The van der Waals surface area contributed by atoms with Gasteiger partial charge in [-0.2, -0.15) is 0 Å². The third-order valence-corrected chi connectivity index (χ3v) is 3.62. The van der Waals surface area contributed by atoms with Crippen molar-refractivity contribution in [3.8, 4) is 5.75 Å². The van der Waals surface area contributed by atoms with Crippen molar-refractivity contribution in [3.63, 3.8) is 0 Å². The number of aryl methyl sites for hydroxylation is 1. The highest BCUT2D eigenvalue weighted by atomic mass is 35.5. The fraction of sp³-hybridized carbons (Fsp3) is 0.455. The number of benzene rings is 1. The molecule has 17 heavy (non-hydrogen) atoms. The number of methoxy groups -OCH3 is 1. The minimum Gasteiger partial charge on any atom is -0.495 e. The van der Waals surface area contributed by atoms with Gasteiger partial charge in [0.05, 0.1) is 18.6 Å². The molecule has 0 spiro atoms. The summed E-state index contributed by atoms with van der Waals surface area (Å²) in [7, 11) is -1.42. The highest BCUT2D eigenvalue weighted by Crippen LogP contribution is 2.30. The standard InChI is InChI=1S/C11H16ClNO3S/c1-8-6-10(11(16-2)7-9(8)12)13-4-5-17(3,14)15/h6-7,13H,4-5H2,1-3H3. The summed E-state index contributed by atoms with van der Waals surface area (Å²) in [6, 6.07) is 3.54. The molecule has 0 radical (unpaired) electrons. The van der Waals surface area contributed by atoms with Crippen molar-refractivity contribution in [2.75, 3.05) is 31.0 Å². The molecule has 0 amide bonds. The van der Waals surface area contributed by atoms with Crippen LogP contribution in [0.25, 0.3) is 0 Å². The third-order valence-electron chi connectivity index (χ3n) is 2.27. The Bertz CT molecular complexity index is 500. The zero-order valence-electron chi connectivity index (χ0n) is 10.1. The van der Waals surface area contributed by atoms with Crippen molar-refractivity contribution in [2.24, 2.45) is 0 Å². The van der Waals surface area contributed by atoms with Crippen LogP contribution in [0.15, 0.2) is 12.1 Å². The second-order valence-electron chi connectivity index (χ2n) is 3.86. The fourth-order valence-electron chi connectivity index (χ4n) is 1.34. The maximum atomic E-state index is 11.0. The van der Waals surface area contributed by atoms with Crippen LogP contribution in [0, 0.1) is 6.92 Å². The lowest BCUT2D eigenvalue weighted by atomic mass is 10.2. The highest BCUT2D eigenvalue weighted by Gasteiger charge is 2.08. The zero-order valence-corrected chi connectivity index (χ0v) is 11.7. The molecule has 1 aromatic carbocycles. The average molecular weight is 278 g/mol. The lowest BCUT2D eigenvalue weighted by Crippen LogP contribution is -2.14. The van der Waals surface area contributed by atoms with E-state index in [1.54, 1.807) is 13.2 Å². The molecule has 0 saturated heterocycles. The van der Waals surface area contributed by atoms with Gasteiger partial charge in [0.25, 0.3) is 0 Å². The van der Waals surface area contributed by atoms with E-state index in [9.17, 15) is 8.42 Å². The molecule has 0 fully saturated rings. The Morgan fingerprint density at radius 1 is 1.41 bits per heavy atom. The van der Waals surface area contributed by atoms with Crippen molar-refractivity contribution in [3.05, 3.63) is 22.7 Å². The van der Waals surface area contributed by atoms with E-state index in [0.29, 0.717) is 17.3 Å². The van der Waals surface area contributed by atoms with Gasteiger partial charge in [-0.3, -0.25) is 0 Å². The number of anilines is 1. The van der Waals surface area contributed by atoms with E-state index >= 15 is 0 Å². The van der Waals surface area contributed by atoms with E-state index in [-0.39, 0.29) is 5.75 Å². The molecule has 0 aliphatic carbocycles. The van der Waals surface area contributed by atoms with Crippen molar-refractivity contribution < 1.29 is 13.2 Å². The minimum absolute atomic E-state index is 0.0812. The van der Waals surface area contributed by atoms with Gasteiger partial charge >= 0.3 is 0 Å². The van der Waals surface area contributed by atoms with Crippen LogP contribution in [-0.2, 0) is 9.84 Å². The average Bonchev–Trinajstić information content (AvgIpc) is 2.21. The van der Waals surface area contributed by atoms with E-state index in [1.165, 1.54) is 6.26 Å². The van der Waals surface area contributed by atoms with Gasteiger partial charge in [0.15, 0.2) is 0 Å². The zero-order chi connectivity index (χ0) is 13.1. The smallest absolute Gasteiger partial charge is 0.149 e. The first-order valence-electron chi connectivity index (χ1n) is 5.09. The van der Waals surface area contributed by atoms with E-state index < -0.39 is 9.84 Å². The SMILES string of the molecule is COc1cc(Cl)c(C)cc1NCCS(C)(=O)=O. The maximum Gasteiger partial charge on any atom is 0.149 e. The lowest BCUT2D eigenvalue weighted by Gasteiger charge is -2.12. The van der Waals surface area contributed by atoms with Crippen LogP contribution >= 0.6 is 11.6 Å². The molecule has 0 saturated carbocycles. The molecule has 1 aromatic rings. The maximum absolute atomic E-state index is 11.0. The van der Waals surface area contributed by atoms with Crippen LogP contribution in [0.3, 0.4) is 0 Å². The van der Waals surface area contributed by atoms with Crippen LogP contribution in [-0.4, -0.2) is 34.1 Å². The Morgan fingerprint density at radius 2 is 2.06 bits per heavy atom. The molecule has 1 rings (SSSR count). The van der Waals surface area contributed by atoms with Gasteiger partial charge in [-0.15, -0.1) is 0 Å². The number of hydrogen-bond donors (Lipinski definition) is 1. The monoisotopic (exact) mass is 277 g/mol. The Morgan fingerprint density at radius 3 is 2.59 bits per heavy atom. The number of nitrogens with one attached hydrogen (secondary N) is 1. The number of sulfone groups is 1. The molecule has 0 unspecified atom stereocenters. The summed E-state index contributed by atoms with van der Waals surface area (Å²) in [6.07, 6.45) is 1.21. The second kappa shape index (κ2) is 5.60. The predicted molar refractivity (Wildman–Crippen MR) is 70.9 cm³/mol. The van der Waals surface area contributed by atoms with Crippen molar-refractivity contribution in [1.29, 1.82) is 0 Å². The van der Waals surface area contributed by atoms with Crippen LogP contribution < -0.4 is 10.1 Å². The van der Waals surface area contributed by atoms with Gasteiger partial charge in [-0.25, -0.2) is 8.42 Å². The summed E-state index contributed by atoms with van der Waals surface area (Å²) in [5, 5.41) is 3.65. The fourth-order valence-corrected chi connectivity index (χ4v) is 1.97. The van der Waals surface area contributed by atoms with Gasteiger partial charge in [0.1, 0.15) is 15.6 Å². The van der Waals surface area contributed by atoms with Gasteiger partial charge in [-0.05, 0) is 18.6 Å². The second-order valence-corrected chi connectivity index (χ2v) is 6.53. The minimum atomic E-state index is -2.96. The Hall–Kier alpha value is -0.940. The number of rotatable bonds is 5. The van der Waals surface area contributed by atoms with Crippen LogP contribution in [0.4, 0.5) is 5.69 Å². The largest absolute Gasteiger partial charge is 0.495 e. The van der Waals surface area contributed by atoms with Gasteiger partial charge in [0.2, 0.25) is 0 Å². The normalized spacial score (nSPS) is 11.3. The molecular formula is C11H16ClNO3S. The van der Waals surface area contributed by atoms with Gasteiger partial charge in [-0.1, -0.05) is 11.6 Å². The van der Waals surface area contributed by atoms with Crippen molar-refractivity contribution in [2.45, 2.75) is 6.92 Å². The Kier molecular flexibility index (Phi) is 4.65. The lowest BCUT2D eigenvalue weighted by molar-refractivity contribution is 0.416. The van der Waals surface area contributed by atoms with Crippen molar-refractivity contribution >= 4 is 27.1 Å². The molecule has 96 valence electrons. The van der Waals surface area contributed by atoms with E-state index in [0.717, 1.165) is 11.3 Å². The highest BCUT2D eigenvalue weighted by molar-refractivity contribution is 7.90. The first-order chi connectivity index (χ1) is 7.83. The predicted octanol–water partition coefficient (Wildman–Crippen LogP) is 2.11. The number of halogens is 1. The molecule has 0 heterocycles. The summed E-state index contributed by atoms with van der Waals surface area (Å²) in [6.45, 7) is 2.22. The molecule has 6 heteroatoms. The van der Waals surface area contributed by atoms with Gasteiger partial charge < -0.3 is 10.1 Å². The molecule has 0 aromatic heterocycles. The summed E-state index contributed by atoms with van der Waals surface area (Å²) in [4.78, 5) is 0. The molecule has 0 atom stereocenters. The van der Waals surface area contributed by atoms with Crippen LogP contribution in [0.1, 0.15) is 5.56 Å². The first kappa shape index (κ1) is 14.1. The van der Waals surface area contributed by atoms with E-state index in [2.05, 4.69) is 5.32 Å². The first-order valence-corrected chi connectivity index (χ1v) is 7.53. The molecule has 4 nitrogen and oxygen atoms in total. The summed E-state index contributed by atoms with van der Waals surface area (Å²) < 4.78 is 27.2. The van der Waals surface area contributed by atoms with Gasteiger partial charge in [0, 0.05) is 23.9 Å². The molecule has 0 aliphatic heterocycles.